The van der Waals surface area contributed by atoms with Crippen molar-refractivity contribution in [3.05, 3.63) is 65.0 Å². The number of thiophene rings is 1. The molecule has 11 heteroatoms. The molecule has 0 spiro atoms. The minimum Gasteiger partial charge on any atom is -0.381 e. The second-order valence-electron chi connectivity index (χ2n) is 10.5. The van der Waals surface area contributed by atoms with Crippen molar-refractivity contribution in [2.45, 2.75) is 56.5 Å². The van der Waals surface area contributed by atoms with E-state index in [9.17, 15) is 23.3 Å². The molecule has 1 atom stereocenters. The first-order valence-electron chi connectivity index (χ1n) is 13.9. The Morgan fingerprint density at radius 1 is 1.12 bits per heavy atom. The highest BCUT2D eigenvalue weighted by Crippen LogP contribution is 2.27. The van der Waals surface area contributed by atoms with E-state index in [2.05, 4.69) is 10.6 Å². The molecular formula is C30H36N4O5S2. The zero-order valence-electron chi connectivity index (χ0n) is 23.3. The third-order valence-corrected chi connectivity index (χ3v) is 10.1. The van der Waals surface area contributed by atoms with E-state index in [0.717, 1.165) is 10.1 Å². The number of rotatable bonds is 12. The molecule has 0 radical (unpaired) electrons. The average Bonchev–Trinajstić information content (AvgIpc) is 3.41. The number of nitrogens with one attached hydrogen (secondary N) is 2. The van der Waals surface area contributed by atoms with Gasteiger partial charge in [-0.2, -0.15) is 9.57 Å². The fourth-order valence-electron chi connectivity index (χ4n) is 4.98. The lowest BCUT2D eigenvalue weighted by molar-refractivity contribution is -0.123. The largest absolute Gasteiger partial charge is 0.381 e. The Balaban J connectivity index is 1.41. The Morgan fingerprint density at radius 2 is 1.83 bits per heavy atom. The van der Waals surface area contributed by atoms with Gasteiger partial charge in [0.1, 0.15) is 12.1 Å². The molecule has 218 valence electrons. The monoisotopic (exact) mass is 596 g/mol. The SMILES string of the molecule is CC(C)C[C@H](NC(=O)c1cc2ccccc2s1)C(=O)NCCCN(C1CCOCC1)S(=O)(=O)c1ccccc1C#N. The molecule has 0 unspecified atom stereocenters. The van der Waals surface area contributed by atoms with Gasteiger partial charge in [0, 0.05) is 37.0 Å². The molecular weight excluding hydrogens is 560 g/mol. The highest BCUT2D eigenvalue weighted by molar-refractivity contribution is 7.89. The summed E-state index contributed by atoms with van der Waals surface area (Å²) >= 11 is 1.38. The van der Waals surface area contributed by atoms with Crippen molar-refractivity contribution >= 4 is 43.3 Å². The van der Waals surface area contributed by atoms with Crippen LogP contribution in [0.3, 0.4) is 0 Å². The lowest BCUT2D eigenvalue weighted by atomic mass is 10.0. The molecule has 9 nitrogen and oxygen atoms in total. The molecule has 41 heavy (non-hydrogen) atoms. The zero-order valence-corrected chi connectivity index (χ0v) is 25.0. The highest BCUT2D eigenvalue weighted by atomic mass is 32.2. The number of fused-ring (bicyclic) bond motifs is 1. The molecule has 2 N–H and O–H groups in total. The van der Waals surface area contributed by atoms with Crippen molar-refractivity contribution in [3.8, 4) is 6.07 Å². The van der Waals surface area contributed by atoms with Crippen molar-refractivity contribution in [1.82, 2.24) is 14.9 Å². The number of nitriles is 1. The van der Waals surface area contributed by atoms with E-state index in [4.69, 9.17) is 4.74 Å². The summed E-state index contributed by atoms with van der Waals surface area (Å²) in [7, 11) is -3.95. The van der Waals surface area contributed by atoms with Crippen LogP contribution in [0.1, 0.15) is 54.8 Å². The summed E-state index contributed by atoms with van der Waals surface area (Å²) in [6, 6.07) is 16.8. The van der Waals surface area contributed by atoms with Crippen LogP contribution in [0.2, 0.25) is 0 Å². The Hall–Kier alpha value is -3.30. The molecule has 0 saturated carbocycles. The molecule has 1 aliphatic rings. The smallest absolute Gasteiger partial charge is 0.262 e. The van der Waals surface area contributed by atoms with Gasteiger partial charge in [-0.15, -0.1) is 11.3 Å². The fraction of sp³-hybridized carbons (Fsp3) is 0.433. The average molecular weight is 597 g/mol. The zero-order chi connectivity index (χ0) is 29.4. The van der Waals surface area contributed by atoms with E-state index >= 15 is 0 Å². The van der Waals surface area contributed by atoms with Gasteiger partial charge >= 0.3 is 0 Å². The molecule has 2 amide bonds. The molecule has 1 saturated heterocycles. The Bertz CT molecular complexity index is 1470. The van der Waals surface area contributed by atoms with Gasteiger partial charge < -0.3 is 15.4 Å². The number of carbonyl (C=O) groups excluding carboxylic acids is 2. The second-order valence-corrected chi connectivity index (χ2v) is 13.5. The van der Waals surface area contributed by atoms with E-state index in [-0.39, 0.29) is 47.3 Å². The molecule has 2 heterocycles. The van der Waals surface area contributed by atoms with Gasteiger partial charge in [-0.1, -0.05) is 44.2 Å². The third kappa shape index (κ3) is 7.71. The van der Waals surface area contributed by atoms with Gasteiger partial charge in [-0.25, -0.2) is 8.42 Å². The van der Waals surface area contributed by atoms with Crippen molar-refractivity contribution in [3.63, 3.8) is 0 Å². The van der Waals surface area contributed by atoms with Crippen LogP contribution < -0.4 is 10.6 Å². The summed E-state index contributed by atoms with van der Waals surface area (Å²) in [5.41, 5.74) is 0.101. The van der Waals surface area contributed by atoms with Gasteiger partial charge in [0.05, 0.1) is 15.3 Å². The van der Waals surface area contributed by atoms with Gasteiger partial charge in [-0.05, 0) is 61.3 Å². The van der Waals surface area contributed by atoms with Crippen LogP contribution in [-0.4, -0.2) is 62.9 Å². The third-order valence-electron chi connectivity index (χ3n) is 7.02. The lowest BCUT2D eigenvalue weighted by Gasteiger charge is -2.33. The van der Waals surface area contributed by atoms with E-state index in [1.54, 1.807) is 12.1 Å². The Morgan fingerprint density at radius 3 is 2.54 bits per heavy atom. The van der Waals surface area contributed by atoms with Crippen molar-refractivity contribution < 1.29 is 22.7 Å². The lowest BCUT2D eigenvalue weighted by Crippen LogP contribution is -2.48. The van der Waals surface area contributed by atoms with Gasteiger partial charge in [-0.3, -0.25) is 9.59 Å². The van der Waals surface area contributed by atoms with Crippen molar-refractivity contribution in [2.75, 3.05) is 26.3 Å². The van der Waals surface area contributed by atoms with Crippen LogP contribution >= 0.6 is 11.3 Å². The summed E-state index contributed by atoms with van der Waals surface area (Å²) in [6.45, 7) is 5.31. The number of carbonyl (C=O) groups is 2. The molecule has 1 aromatic heterocycles. The topological polar surface area (TPSA) is 129 Å². The molecule has 1 aliphatic heterocycles. The quantitative estimate of drug-likeness (QED) is 0.300. The van der Waals surface area contributed by atoms with Gasteiger partial charge in [0.15, 0.2) is 0 Å². The first-order chi connectivity index (χ1) is 19.7. The van der Waals surface area contributed by atoms with E-state index < -0.39 is 16.1 Å². The van der Waals surface area contributed by atoms with Gasteiger partial charge in [0.25, 0.3) is 5.91 Å². The number of nitrogens with zero attached hydrogens (tertiary/aromatic N) is 2. The number of hydrogen-bond donors (Lipinski definition) is 2. The molecule has 2 aromatic carbocycles. The fourth-order valence-corrected chi connectivity index (χ4v) is 7.81. The number of sulfonamides is 1. The minimum absolute atomic E-state index is 0.0148. The first kappa shape index (κ1) is 30.7. The Kier molecular flexibility index (Phi) is 10.5. The summed E-state index contributed by atoms with van der Waals surface area (Å²) in [5, 5.41) is 16.3. The summed E-state index contributed by atoms with van der Waals surface area (Å²) in [6.07, 6.45) is 1.95. The maximum atomic E-state index is 13.7. The standard InChI is InChI=1S/C30H36N4O5S2/c1-21(2)18-25(33-30(36)27-19-22-8-3-5-10-26(22)40-27)29(35)32-14-7-15-34(24-12-16-39-17-13-24)41(37,38)28-11-6-4-9-23(28)20-31/h3-6,8-11,19,21,24-25H,7,12-18H2,1-2H3,(H,32,35)(H,33,36)/t25-/m0/s1. The van der Waals surface area contributed by atoms with Crippen LogP contribution in [0.15, 0.2) is 59.5 Å². The van der Waals surface area contributed by atoms with Crippen LogP contribution in [0.5, 0.6) is 0 Å². The molecule has 0 aliphatic carbocycles. The highest BCUT2D eigenvalue weighted by Gasteiger charge is 2.34. The molecule has 3 aromatic rings. The summed E-state index contributed by atoms with van der Waals surface area (Å²) in [4.78, 5) is 26.7. The summed E-state index contributed by atoms with van der Waals surface area (Å²) in [5.74, 6) is -0.425. The number of benzene rings is 2. The molecule has 1 fully saturated rings. The molecule has 4 rings (SSSR count). The van der Waals surface area contributed by atoms with Gasteiger partial charge in [0.2, 0.25) is 15.9 Å². The number of hydrogen-bond acceptors (Lipinski definition) is 7. The van der Waals surface area contributed by atoms with E-state index in [1.165, 1.54) is 27.8 Å². The van der Waals surface area contributed by atoms with E-state index in [0.29, 0.717) is 43.8 Å². The predicted octanol–water partition coefficient (Wildman–Crippen LogP) is 4.29. The van der Waals surface area contributed by atoms with Crippen LogP contribution in [0.25, 0.3) is 10.1 Å². The second kappa shape index (κ2) is 14.0. The number of ether oxygens (including phenoxy) is 1. The summed E-state index contributed by atoms with van der Waals surface area (Å²) < 4.78 is 35.3. The van der Waals surface area contributed by atoms with Crippen LogP contribution in [-0.2, 0) is 19.6 Å². The molecule has 0 bridgehead atoms. The Labute approximate surface area is 245 Å². The van der Waals surface area contributed by atoms with Crippen LogP contribution in [0, 0.1) is 17.2 Å². The predicted molar refractivity (Wildman–Crippen MR) is 159 cm³/mol. The van der Waals surface area contributed by atoms with Crippen molar-refractivity contribution in [2.24, 2.45) is 5.92 Å². The normalized spacial score (nSPS) is 15.1. The maximum absolute atomic E-state index is 13.7. The first-order valence-corrected chi connectivity index (χ1v) is 16.1. The van der Waals surface area contributed by atoms with Crippen molar-refractivity contribution in [1.29, 1.82) is 5.26 Å². The maximum Gasteiger partial charge on any atom is 0.262 e. The van der Waals surface area contributed by atoms with Crippen LogP contribution in [0.4, 0.5) is 0 Å². The van der Waals surface area contributed by atoms with E-state index in [1.807, 2.05) is 50.2 Å². The minimum atomic E-state index is -3.95. The number of amides is 2.